The first-order chi connectivity index (χ1) is 13.7. The minimum Gasteiger partial charge on any atom is -0.486 e. The summed E-state index contributed by atoms with van der Waals surface area (Å²) in [6.45, 7) is 5.51. The third-order valence-corrected chi connectivity index (χ3v) is 4.50. The zero-order valence-electron chi connectivity index (χ0n) is 16.6. The molecule has 0 spiro atoms. The number of nitro benzene ring substituents is 1. The second kappa shape index (κ2) is 8.17. The molecule has 1 amide bonds. The molecule has 2 heterocycles. The Labute approximate surface area is 167 Å². The van der Waals surface area contributed by atoms with Crippen LogP contribution in [0.1, 0.15) is 46.1 Å². The van der Waals surface area contributed by atoms with Crippen molar-refractivity contribution in [3.8, 4) is 5.75 Å². The van der Waals surface area contributed by atoms with Crippen LogP contribution in [0.3, 0.4) is 0 Å². The van der Waals surface area contributed by atoms with Crippen LogP contribution in [0, 0.1) is 24.0 Å². The van der Waals surface area contributed by atoms with Gasteiger partial charge < -0.3 is 14.5 Å². The molecule has 2 aromatic heterocycles. The molecule has 3 rings (SSSR count). The summed E-state index contributed by atoms with van der Waals surface area (Å²) >= 11 is 0. The molecule has 1 N–H and O–H groups in total. The molecule has 1 unspecified atom stereocenters. The van der Waals surface area contributed by atoms with Crippen LogP contribution in [0.15, 0.2) is 40.9 Å². The molecule has 9 heteroatoms. The van der Waals surface area contributed by atoms with Crippen molar-refractivity contribution < 1.29 is 18.9 Å². The van der Waals surface area contributed by atoms with Crippen LogP contribution in [0.4, 0.5) is 5.69 Å². The summed E-state index contributed by atoms with van der Waals surface area (Å²) < 4.78 is 12.9. The second-order valence-corrected chi connectivity index (χ2v) is 6.80. The third-order valence-electron chi connectivity index (χ3n) is 4.50. The summed E-state index contributed by atoms with van der Waals surface area (Å²) in [6, 6.07) is 7.54. The van der Waals surface area contributed by atoms with Crippen LogP contribution < -0.4 is 10.1 Å². The minimum atomic E-state index is -0.440. The SMILES string of the molecule is Cc1cc(OCc2ccc(C(=O)NC(C)c3cn(C)nc3C)o2)ccc1[N+](=O)[O-]. The van der Waals surface area contributed by atoms with Crippen LogP contribution in [-0.2, 0) is 13.7 Å². The summed E-state index contributed by atoms with van der Waals surface area (Å²) in [5, 5.41) is 18.0. The molecule has 0 fully saturated rings. The molecule has 0 aliphatic heterocycles. The topological polar surface area (TPSA) is 112 Å². The first-order valence-corrected chi connectivity index (χ1v) is 9.02. The van der Waals surface area contributed by atoms with Crippen molar-refractivity contribution >= 4 is 11.6 Å². The molecule has 0 saturated heterocycles. The predicted octanol–water partition coefficient (Wildman–Crippen LogP) is 3.61. The fraction of sp³-hybridized carbons (Fsp3) is 0.300. The number of benzene rings is 1. The number of hydrogen-bond acceptors (Lipinski definition) is 6. The monoisotopic (exact) mass is 398 g/mol. The largest absolute Gasteiger partial charge is 0.486 e. The van der Waals surface area contributed by atoms with Gasteiger partial charge in [0.05, 0.1) is 16.7 Å². The van der Waals surface area contributed by atoms with Crippen molar-refractivity contribution in [1.82, 2.24) is 15.1 Å². The van der Waals surface area contributed by atoms with E-state index in [4.69, 9.17) is 9.15 Å². The Kier molecular flexibility index (Phi) is 5.67. The van der Waals surface area contributed by atoms with Gasteiger partial charge >= 0.3 is 0 Å². The summed E-state index contributed by atoms with van der Waals surface area (Å²) in [7, 11) is 1.83. The summed E-state index contributed by atoms with van der Waals surface area (Å²) in [4.78, 5) is 22.9. The van der Waals surface area contributed by atoms with E-state index in [-0.39, 0.29) is 30.0 Å². The van der Waals surface area contributed by atoms with Gasteiger partial charge in [0.2, 0.25) is 0 Å². The van der Waals surface area contributed by atoms with Crippen molar-refractivity contribution in [2.45, 2.75) is 33.4 Å². The van der Waals surface area contributed by atoms with E-state index in [0.29, 0.717) is 17.1 Å². The fourth-order valence-electron chi connectivity index (χ4n) is 3.04. The number of carbonyl (C=O) groups is 1. The molecule has 152 valence electrons. The Morgan fingerprint density at radius 2 is 2.10 bits per heavy atom. The lowest BCUT2D eigenvalue weighted by atomic mass is 10.1. The molecule has 1 aromatic carbocycles. The van der Waals surface area contributed by atoms with Gasteiger partial charge in [-0.2, -0.15) is 5.10 Å². The van der Waals surface area contributed by atoms with Gasteiger partial charge in [0.25, 0.3) is 11.6 Å². The first kappa shape index (κ1) is 20.1. The molecule has 0 aliphatic carbocycles. The van der Waals surface area contributed by atoms with Gasteiger partial charge in [-0.1, -0.05) is 0 Å². The van der Waals surface area contributed by atoms with Gasteiger partial charge in [0.15, 0.2) is 5.76 Å². The first-order valence-electron chi connectivity index (χ1n) is 9.02. The highest BCUT2D eigenvalue weighted by atomic mass is 16.6. The maximum Gasteiger partial charge on any atom is 0.287 e. The molecular formula is C20H22N4O5. The molecule has 0 aliphatic rings. The van der Waals surface area contributed by atoms with Crippen molar-refractivity contribution in [1.29, 1.82) is 0 Å². The van der Waals surface area contributed by atoms with Crippen molar-refractivity contribution in [3.05, 3.63) is 75.0 Å². The van der Waals surface area contributed by atoms with Gasteiger partial charge in [0, 0.05) is 30.4 Å². The van der Waals surface area contributed by atoms with E-state index < -0.39 is 4.92 Å². The van der Waals surface area contributed by atoms with Crippen LogP contribution >= 0.6 is 0 Å². The normalized spacial score (nSPS) is 11.9. The minimum absolute atomic E-state index is 0.0345. The summed E-state index contributed by atoms with van der Waals surface area (Å²) in [5.41, 5.74) is 2.33. The van der Waals surface area contributed by atoms with Gasteiger partial charge in [-0.25, -0.2) is 0 Å². The van der Waals surface area contributed by atoms with E-state index in [0.717, 1.165) is 11.3 Å². The van der Waals surface area contributed by atoms with E-state index in [1.54, 1.807) is 29.8 Å². The standard InChI is InChI=1S/C20H22N4O5/c1-12-9-15(5-7-18(12)24(26)27)28-11-16-6-8-19(29-16)20(25)21-13(2)17-10-23(4)22-14(17)3/h5-10,13H,11H2,1-4H3,(H,21,25). The van der Waals surface area contributed by atoms with E-state index in [1.807, 2.05) is 27.1 Å². The molecule has 0 bridgehead atoms. The number of nitrogens with one attached hydrogen (secondary N) is 1. The third kappa shape index (κ3) is 4.63. The molecule has 0 radical (unpaired) electrons. The van der Waals surface area contributed by atoms with E-state index in [2.05, 4.69) is 10.4 Å². The number of rotatable bonds is 7. The highest BCUT2D eigenvalue weighted by Gasteiger charge is 2.18. The average molecular weight is 398 g/mol. The quantitative estimate of drug-likeness (QED) is 0.481. The summed E-state index contributed by atoms with van der Waals surface area (Å²) in [6.07, 6.45) is 1.87. The number of hydrogen-bond donors (Lipinski definition) is 1. The number of nitrogens with zero attached hydrogens (tertiary/aromatic N) is 3. The fourth-order valence-corrected chi connectivity index (χ4v) is 3.04. The van der Waals surface area contributed by atoms with Gasteiger partial charge in [-0.05, 0) is 45.0 Å². The van der Waals surface area contributed by atoms with E-state index in [1.165, 1.54) is 12.1 Å². The maximum atomic E-state index is 12.4. The Balaban J connectivity index is 1.60. The molecule has 0 saturated carbocycles. The predicted molar refractivity (Wildman–Crippen MR) is 105 cm³/mol. The zero-order valence-corrected chi connectivity index (χ0v) is 16.6. The lowest BCUT2D eigenvalue weighted by Crippen LogP contribution is -2.26. The number of aromatic nitrogens is 2. The highest BCUT2D eigenvalue weighted by molar-refractivity contribution is 5.91. The highest BCUT2D eigenvalue weighted by Crippen LogP contribution is 2.24. The zero-order chi connectivity index (χ0) is 21.1. The van der Waals surface area contributed by atoms with Gasteiger partial charge in [-0.15, -0.1) is 0 Å². The second-order valence-electron chi connectivity index (χ2n) is 6.80. The van der Waals surface area contributed by atoms with Crippen molar-refractivity contribution in [2.75, 3.05) is 0 Å². The number of carbonyl (C=O) groups excluding carboxylic acids is 1. The Bertz CT molecular complexity index is 1050. The smallest absolute Gasteiger partial charge is 0.287 e. The van der Waals surface area contributed by atoms with Gasteiger partial charge in [-0.3, -0.25) is 19.6 Å². The van der Waals surface area contributed by atoms with Crippen LogP contribution in [-0.4, -0.2) is 20.6 Å². The number of aryl methyl sites for hydroxylation is 3. The van der Waals surface area contributed by atoms with Crippen LogP contribution in [0.2, 0.25) is 0 Å². The lowest BCUT2D eigenvalue weighted by Gasteiger charge is -2.12. The van der Waals surface area contributed by atoms with Gasteiger partial charge in [0.1, 0.15) is 18.1 Å². The number of amides is 1. The van der Waals surface area contributed by atoms with Crippen LogP contribution in [0.5, 0.6) is 5.75 Å². The Hall–Kier alpha value is -3.62. The molecule has 9 nitrogen and oxygen atoms in total. The van der Waals surface area contributed by atoms with E-state index in [9.17, 15) is 14.9 Å². The van der Waals surface area contributed by atoms with E-state index >= 15 is 0 Å². The Morgan fingerprint density at radius 1 is 1.34 bits per heavy atom. The molecule has 29 heavy (non-hydrogen) atoms. The Morgan fingerprint density at radius 3 is 2.72 bits per heavy atom. The molecule has 3 aromatic rings. The van der Waals surface area contributed by atoms with Crippen LogP contribution in [0.25, 0.3) is 0 Å². The summed E-state index contributed by atoms with van der Waals surface area (Å²) in [5.74, 6) is 0.794. The number of ether oxygens (including phenoxy) is 1. The lowest BCUT2D eigenvalue weighted by molar-refractivity contribution is -0.385. The average Bonchev–Trinajstić information content (AvgIpc) is 3.25. The van der Waals surface area contributed by atoms with Crippen molar-refractivity contribution in [2.24, 2.45) is 7.05 Å². The maximum absolute atomic E-state index is 12.4. The van der Waals surface area contributed by atoms with Crippen molar-refractivity contribution in [3.63, 3.8) is 0 Å². The number of nitro groups is 1. The molecule has 1 atom stereocenters. The number of furan rings is 1. The molecular weight excluding hydrogens is 376 g/mol.